The lowest BCUT2D eigenvalue weighted by atomic mass is 9.76. The van der Waals surface area contributed by atoms with Gasteiger partial charge in [-0.05, 0) is 29.8 Å². The zero-order chi connectivity index (χ0) is 22.7. The number of ether oxygens (including phenoxy) is 5. The number of rotatable bonds is 7. The summed E-state index contributed by atoms with van der Waals surface area (Å²) in [5.74, 6) is -4.52. The molecule has 2 aromatic rings. The Morgan fingerprint density at radius 2 is 1.81 bits per heavy atom. The van der Waals surface area contributed by atoms with Crippen molar-refractivity contribution in [2.75, 3.05) is 21.0 Å². The first-order chi connectivity index (χ1) is 15.5. The number of methoxy groups -OCH3 is 2. The molecule has 0 radical (unpaired) electrons. The van der Waals surface area contributed by atoms with E-state index in [1.165, 1.54) is 26.6 Å². The number of allylic oxidation sites excluding steroid dienone is 1. The SMILES string of the molecule is COC(=O)C(c1ccccc1)C(C1=COCO1)C1=CC(=O)OC1(O)c1ccc(OC)cc1. The van der Waals surface area contributed by atoms with Crippen LogP contribution in [0.3, 0.4) is 0 Å². The molecule has 0 aliphatic carbocycles. The maximum atomic E-state index is 13.0. The molecule has 0 saturated carbocycles. The molecule has 0 spiro atoms. The molecule has 8 heteroatoms. The fraction of sp³-hybridized carbons (Fsp3) is 0.250. The standard InChI is InChI=1S/C24H22O8/c1-28-17-10-8-16(9-11-17)24(27)18(12-20(25)32-24)22(19-13-30-14-31-19)21(23(26)29-2)15-6-4-3-5-7-15/h3-13,21-22,27H,14H2,1-2H3. The van der Waals surface area contributed by atoms with Gasteiger partial charge >= 0.3 is 11.9 Å². The van der Waals surface area contributed by atoms with Gasteiger partial charge in [0.2, 0.25) is 6.79 Å². The number of cyclic esters (lactones) is 1. The molecule has 1 N–H and O–H groups in total. The summed E-state index contributed by atoms with van der Waals surface area (Å²) in [7, 11) is 2.79. The summed E-state index contributed by atoms with van der Waals surface area (Å²) in [6.45, 7) is -0.0580. The fourth-order valence-electron chi connectivity index (χ4n) is 3.97. The molecule has 2 heterocycles. The van der Waals surface area contributed by atoms with Crippen LogP contribution in [0.15, 0.2) is 78.3 Å². The molecule has 8 nitrogen and oxygen atoms in total. The molecule has 3 unspecified atom stereocenters. The third-order valence-electron chi connectivity index (χ3n) is 5.48. The normalized spacial score (nSPS) is 21.4. The van der Waals surface area contributed by atoms with Crippen molar-refractivity contribution in [3.63, 3.8) is 0 Å². The first-order valence-electron chi connectivity index (χ1n) is 9.87. The van der Waals surface area contributed by atoms with E-state index in [9.17, 15) is 14.7 Å². The molecule has 0 saturated heterocycles. The first kappa shape index (κ1) is 21.5. The van der Waals surface area contributed by atoms with Crippen LogP contribution in [0.2, 0.25) is 0 Å². The highest BCUT2D eigenvalue weighted by Crippen LogP contribution is 2.48. The lowest BCUT2D eigenvalue weighted by Gasteiger charge is -2.33. The van der Waals surface area contributed by atoms with Gasteiger partial charge in [-0.3, -0.25) is 4.79 Å². The molecule has 0 amide bonds. The van der Waals surface area contributed by atoms with Crippen molar-refractivity contribution in [1.82, 2.24) is 0 Å². The molecule has 4 rings (SSSR count). The number of carbonyl (C=O) groups excluding carboxylic acids is 2. The van der Waals surface area contributed by atoms with Gasteiger partial charge in [0, 0.05) is 17.2 Å². The van der Waals surface area contributed by atoms with Crippen molar-refractivity contribution < 1.29 is 38.4 Å². The quantitative estimate of drug-likeness (QED) is 0.659. The minimum absolute atomic E-state index is 0.0580. The highest BCUT2D eigenvalue weighted by Gasteiger charge is 2.52. The monoisotopic (exact) mass is 438 g/mol. The Kier molecular flexibility index (Phi) is 5.87. The molecule has 2 aromatic carbocycles. The van der Waals surface area contributed by atoms with Crippen molar-refractivity contribution in [3.05, 3.63) is 89.4 Å². The predicted molar refractivity (Wildman–Crippen MR) is 111 cm³/mol. The number of esters is 2. The summed E-state index contributed by atoms with van der Waals surface area (Å²) >= 11 is 0. The average molecular weight is 438 g/mol. The Balaban J connectivity index is 1.87. The molecule has 0 aromatic heterocycles. The highest BCUT2D eigenvalue weighted by atomic mass is 16.7. The number of hydrogen-bond donors (Lipinski definition) is 1. The molecule has 0 fully saturated rings. The Labute approximate surface area is 184 Å². The largest absolute Gasteiger partial charge is 0.497 e. The minimum atomic E-state index is -2.14. The van der Waals surface area contributed by atoms with Gasteiger partial charge in [-0.25, -0.2) is 4.79 Å². The van der Waals surface area contributed by atoms with Crippen molar-refractivity contribution in [2.24, 2.45) is 5.92 Å². The minimum Gasteiger partial charge on any atom is -0.497 e. The summed E-state index contributed by atoms with van der Waals surface area (Å²) in [6.07, 6.45) is 2.54. The van der Waals surface area contributed by atoms with E-state index < -0.39 is 29.6 Å². The summed E-state index contributed by atoms with van der Waals surface area (Å²) < 4.78 is 26.5. The molecule has 2 aliphatic heterocycles. The Morgan fingerprint density at radius 3 is 2.41 bits per heavy atom. The summed E-state index contributed by atoms with van der Waals surface area (Å²) in [5, 5.41) is 11.6. The number of carbonyl (C=O) groups is 2. The van der Waals surface area contributed by atoms with Crippen LogP contribution in [0.4, 0.5) is 0 Å². The van der Waals surface area contributed by atoms with Gasteiger partial charge in [0.15, 0.2) is 0 Å². The zero-order valence-corrected chi connectivity index (χ0v) is 17.5. The third-order valence-corrected chi connectivity index (χ3v) is 5.48. The number of aliphatic hydroxyl groups is 1. The van der Waals surface area contributed by atoms with Gasteiger partial charge in [0.05, 0.1) is 26.1 Å². The van der Waals surface area contributed by atoms with Crippen LogP contribution in [0.5, 0.6) is 5.75 Å². The Hall–Kier alpha value is -3.78. The Bertz CT molecular complexity index is 1060. The maximum absolute atomic E-state index is 13.0. The lowest BCUT2D eigenvalue weighted by Crippen LogP contribution is -2.36. The van der Waals surface area contributed by atoms with Gasteiger partial charge in [0.25, 0.3) is 5.79 Å². The van der Waals surface area contributed by atoms with E-state index in [2.05, 4.69) is 0 Å². The van der Waals surface area contributed by atoms with E-state index in [1.807, 2.05) is 6.07 Å². The van der Waals surface area contributed by atoms with E-state index in [4.69, 9.17) is 23.7 Å². The van der Waals surface area contributed by atoms with Gasteiger partial charge in [-0.15, -0.1) is 0 Å². The second-order valence-electron chi connectivity index (χ2n) is 7.23. The third kappa shape index (κ3) is 3.80. The molecule has 3 atom stereocenters. The van der Waals surface area contributed by atoms with Crippen LogP contribution in [0, 0.1) is 5.92 Å². The summed E-state index contributed by atoms with van der Waals surface area (Å²) in [6, 6.07) is 15.3. The fourth-order valence-corrected chi connectivity index (χ4v) is 3.97. The van der Waals surface area contributed by atoms with Crippen LogP contribution in [-0.4, -0.2) is 38.1 Å². The molecule has 2 aliphatic rings. The second-order valence-corrected chi connectivity index (χ2v) is 7.23. The topological polar surface area (TPSA) is 101 Å². The van der Waals surface area contributed by atoms with Crippen molar-refractivity contribution in [3.8, 4) is 5.75 Å². The number of hydrogen-bond acceptors (Lipinski definition) is 8. The molecular formula is C24H22O8. The zero-order valence-electron chi connectivity index (χ0n) is 17.5. The van der Waals surface area contributed by atoms with Crippen molar-refractivity contribution in [2.45, 2.75) is 11.7 Å². The van der Waals surface area contributed by atoms with Gasteiger partial charge in [-0.1, -0.05) is 30.3 Å². The number of benzene rings is 2. The Morgan fingerprint density at radius 1 is 1.09 bits per heavy atom. The van der Waals surface area contributed by atoms with Crippen molar-refractivity contribution >= 4 is 11.9 Å². The van der Waals surface area contributed by atoms with Crippen LogP contribution < -0.4 is 4.74 Å². The van der Waals surface area contributed by atoms with Gasteiger partial charge in [0.1, 0.15) is 17.8 Å². The molecule has 166 valence electrons. The second kappa shape index (κ2) is 8.76. The van der Waals surface area contributed by atoms with Crippen molar-refractivity contribution in [1.29, 1.82) is 0 Å². The van der Waals surface area contributed by atoms with E-state index in [1.54, 1.807) is 48.5 Å². The van der Waals surface area contributed by atoms with Crippen LogP contribution in [0.25, 0.3) is 0 Å². The van der Waals surface area contributed by atoms with E-state index in [-0.39, 0.29) is 23.7 Å². The summed E-state index contributed by atoms with van der Waals surface area (Å²) in [4.78, 5) is 25.4. The van der Waals surface area contributed by atoms with Crippen LogP contribution in [0.1, 0.15) is 17.0 Å². The molecular weight excluding hydrogens is 416 g/mol. The molecule has 0 bridgehead atoms. The predicted octanol–water partition coefficient (Wildman–Crippen LogP) is 2.74. The van der Waals surface area contributed by atoms with Crippen LogP contribution >= 0.6 is 0 Å². The lowest BCUT2D eigenvalue weighted by molar-refractivity contribution is -0.187. The smallest absolute Gasteiger partial charge is 0.334 e. The maximum Gasteiger partial charge on any atom is 0.334 e. The van der Waals surface area contributed by atoms with E-state index in [0.717, 1.165) is 0 Å². The highest BCUT2D eigenvalue weighted by molar-refractivity contribution is 5.88. The summed E-state index contributed by atoms with van der Waals surface area (Å²) in [5.41, 5.74) is 1.03. The van der Waals surface area contributed by atoms with Gasteiger partial charge < -0.3 is 28.8 Å². The van der Waals surface area contributed by atoms with Gasteiger partial charge in [-0.2, -0.15) is 0 Å². The molecule has 32 heavy (non-hydrogen) atoms. The van der Waals surface area contributed by atoms with Crippen LogP contribution in [-0.2, 0) is 34.3 Å². The average Bonchev–Trinajstić information content (AvgIpc) is 3.46. The first-order valence-corrected chi connectivity index (χ1v) is 9.87. The van der Waals surface area contributed by atoms with E-state index in [0.29, 0.717) is 11.3 Å². The van der Waals surface area contributed by atoms with E-state index >= 15 is 0 Å².